The molecule has 5 atom stereocenters. The summed E-state index contributed by atoms with van der Waals surface area (Å²) in [4.78, 5) is 35.4. The van der Waals surface area contributed by atoms with Crippen LogP contribution in [0.5, 0.6) is 5.75 Å². The van der Waals surface area contributed by atoms with Crippen LogP contribution in [0.25, 0.3) is 11.3 Å². The Hall–Kier alpha value is -4.83. The zero-order valence-corrected chi connectivity index (χ0v) is 30.5. The number of nitrogens with one attached hydrogen (secondary N) is 2. The molecule has 0 bridgehead atoms. The maximum Gasteiger partial charge on any atom is 0.405 e. The Kier molecular flexibility index (Phi) is 12.2. The molecule has 2 amide bonds. The van der Waals surface area contributed by atoms with E-state index in [2.05, 4.69) is 10.3 Å². The molecule has 4 aromatic rings. The lowest BCUT2D eigenvalue weighted by atomic mass is 9.90. The van der Waals surface area contributed by atoms with Crippen molar-refractivity contribution in [1.82, 2.24) is 25.4 Å². The third-order valence-corrected chi connectivity index (χ3v) is 10.2. The molecule has 0 aliphatic carbocycles. The van der Waals surface area contributed by atoms with Gasteiger partial charge in [0.05, 0.1) is 23.9 Å². The number of ether oxygens (including phenoxy) is 1. The molecule has 294 valence electrons. The number of oxazole rings is 1. The Labute approximate surface area is 316 Å². The van der Waals surface area contributed by atoms with E-state index >= 15 is 0 Å². The predicted molar refractivity (Wildman–Crippen MR) is 194 cm³/mol. The molecular formula is C40H45F4N5O6. The molecule has 1 fully saturated rings. The first-order chi connectivity index (χ1) is 26.2. The van der Waals surface area contributed by atoms with Crippen molar-refractivity contribution in [2.45, 2.75) is 62.7 Å². The van der Waals surface area contributed by atoms with Crippen LogP contribution >= 0.6 is 0 Å². The molecule has 0 unspecified atom stereocenters. The van der Waals surface area contributed by atoms with Crippen LogP contribution in [-0.2, 0) is 21.5 Å². The number of rotatable bonds is 13. The third kappa shape index (κ3) is 9.89. The summed E-state index contributed by atoms with van der Waals surface area (Å²) in [5.41, 5.74) is 1.15. The number of aliphatic hydroxyl groups is 2. The van der Waals surface area contributed by atoms with E-state index in [9.17, 15) is 37.4 Å². The van der Waals surface area contributed by atoms with Crippen molar-refractivity contribution in [3.63, 3.8) is 0 Å². The summed E-state index contributed by atoms with van der Waals surface area (Å²) in [6.45, 7) is 2.51. The molecule has 2 aliphatic rings. The van der Waals surface area contributed by atoms with Crippen LogP contribution in [0.3, 0.4) is 0 Å². The first-order valence-electron chi connectivity index (χ1n) is 18.2. The Morgan fingerprint density at radius 1 is 1.00 bits per heavy atom. The minimum absolute atomic E-state index is 0.0140. The summed E-state index contributed by atoms with van der Waals surface area (Å²) in [5, 5.41) is 27.3. The topological polar surface area (TPSA) is 140 Å². The number of aromatic nitrogens is 1. The van der Waals surface area contributed by atoms with E-state index in [0.717, 1.165) is 5.56 Å². The number of β-amino-alcohol motifs (C(OH)–C–C–N with tert-alkyl or cyclic N) is 1. The number of carbonyl (C=O) groups excluding carboxylic acids is 2. The summed E-state index contributed by atoms with van der Waals surface area (Å²) < 4.78 is 64.9. The molecule has 15 heteroatoms. The summed E-state index contributed by atoms with van der Waals surface area (Å²) in [5.74, 6) is -1.20. The number of nitrogens with zero attached hydrogens (tertiary/aromatic N) is 3. The number of hydrogen-bond donors (Lipinski definition) is 4. The summed E-state index contributed by atoms with van der Waals surface area (Å²) in [7, 11) is 0. The summed E-state index contributed by atoms with van der Waals surface area (Å²) >= 11 is 0. The highest BCUT2D eigenvalue weighted by atomic mass is 19.4. The van der Waals surface area contributed by atoms with Crippen molar-refractivity contribution in [3.8, 4) is 17.1 Å². The van der Waals surface area contributed by atoms with Crippen LogP contribution in [0.2, 0.25) is 0 Å². The molecule has 0 radical (unpaired) electrons. The van der Waals surface area contributed by atoms with Crippen molar-refractivity contribution in [3.05, 3.63) is 108 Å². The van der Waals surface area contributed by atoms with Gasteiger partial charge in [-0.2, -0.15) is 13.2 Å². The molecule has 2 aliphatic heterocycles. The maximum atomic E-state index is 13.9. The fraction of sp³-hybridized carbons (Fsp3) is 0.425. The normalized spacial score (nSPS) is 20.5. The minimum atomic E-state index is -4.64. The molecule has 0 saturated carbocycles. The first-order valence-corrected chi connectivity index (χ1v) is 18.2. The van der Waals surface area contributed by atoms with Gasteiger partial charge in [-0.25, -0.2) is 9.37 Å². The largest absolute Gasteiger partial charge is 0.490 e. The summed E-state index contributed by atoms with van der Waals surface area (Å²) in [6, 6.07) is 20.2. The van der Waals surface area contributed by atoms with Crippen molar-refractivity contribution in [1.29, 1.82) is 0 Å². The van der Waals surface area contributed by atoms with Crippen molar-refractivity contribution >= 4 is 11.8 Å². The number of alkyl halides is 3. The van der Waals surface area contributed by atoms with Gasteiger partial charge in [0, 0.05) is 43.2 Å². The second-order valence-corrected chi connectivity index (χ2v) is 14.6. The molecule has 4 N–H and O–H groups in total. The molecule has 11 nitrogen and oxygen atoms in total. The van der Waals surface area contributed by atoms with Crippen LogP contribution in [0.4, 0.5) is 17.6 Å². The SMILES string of the molecule is CC(C)(c1ncc(-c2ccc(F)cc2)o1)N1CCN(C[C@@H](O)C[C@@H](Cc2ccccc2)C(=O)N[C@H]2c3ccccc3OC[C@H]2O)[C@H](C(=O)NCC(F)(F)F)C1. The molecule has 6 rings (SSSR count). The van der Waals surface area contributed by atoms with Crippen molar-refractivity contribution in [2.24, 2.45) is 5.92 Å². The van der Waals surface area contributed by atoms with Gasteiger partial charge in [0.2, 0.25) is 17.7 Å². The number of amides is 2. The number of aliphatic hydroxyl groups excluding tert-OH is 2. The van der Waals surface area contributed by atoms with E-state index in [1.165, 1.54) is 18.3 Å². The van der Waals surface area contributed by atoms with E-state index in [1.807, 2.05) is 54.4 Å². The quantitative estimate of drug-likeness (QED) is 0.144. The standard InChI is InChI=1S/C40H45F4N5O6/c1-39(2,38-45-20-34(55-38)26-12-14-28(41)15-13-26)49-17-16-48(31(22-49)37(53)46-24-40(42,43)44)21-29(50)19-27(18-25-8-4-3-5-9-25)36(52)47-35-30-10-6-7-11-33(30)54-23-32(35)51/h3-15,20,27,29,31-32,35,50-51H,16-19,21-24H2,1-2H3,(H,46,53)(H,47,52)/t27-,29+,31+,32-,35+/m1/s1. The predicted octanol–water partition coefficient (Wildman–Crippen LogP) is 4.60. The van der Waals surface area contributed by atoms with E-state index in [0.29, 0.717) is 35.1 Å². The van der Waals surface area contributed by atoms with E-state index in [4.69, 9.17) is 9.15 Å². The fourth-order valence-electron chi connectivity index (χ4n) is 7.19. The van der Waals surface area contributed by atoms with Gasteiger partial charge in [-0.15, -0.1) is 0 Å². The molecule has 1 saturated heterocycles. The van der Waals surface area contributed by atoms with Gasteiger partial charge < -0.3 is 30.0 Å². The van der Waals surface area contributed by atoms with Gasteiger partial charge in [-0.3, -0.25) is 19.4 Å². The van der Waals surface area contributed by atoms with Crippen molar-refractivity contribution in [2.75, 3.05) is 39.3 Å². The lowest BCUT2D eigenvalue weighted by molar-refractivity contribution is -0.144. The van der Waals surface area contributed by atoms with Crippen molar-refractivity contribution < 1.29 is 46.5 Å². The van der Waals surface area contributed by atoms with E-state index < -0.39 is 66.1 Å². The monoisotopic (exact) mass is 767 g/mol. The lowest BCUT2D eigenvalue weighted by Gasteiger charge is -2.46. The van der Waals surface area contributed by atoms with Crippen LogP contribution in [0.15, 0.2) is 89.5 Å². The Morgan fingerprint density at radius 3 is 2.44 bits per heavy atom. The molecule has 3 aromatic carbocycles. The second-order valence-electron chi connectivity index (χ2n) is 14.6. The van der Waals surface area contributed by atoms with Gasteiger partial charge >= 0.3 is 6.18 Å². The van der Waals surface area contributed by atoms with Crippen LogP contribution in [-0.4, -0.2) is 101 Å². The van der Waals surface area contributed by atoms with Gasteiger partial charge in [0.25, 0.3) is 0 Å². The highest BCUT2D eigenvalue weighted by molar-refractivity contribution is 5.82. The van der Waals surface area contributed by atoms with E-state index in [-0.39, 0.29) is 39.1 Å². The first kappa shape index (κ1) is 39.9. The number of hydrogen-bond acceptors (Lipinski definition) is 9. The lowest BCUT2D eigenvalue weighted by Crippen LogP contribution is -2.63. The number of fused-ring (bicyclic) bond motifs is 1. The second kappa shape index (κ2) is 16.9. The molecule has 55 heavy (non-hydrogen) atoms. The highest BCUT2D eigenvalue weighted by Gasteiger charge is 2.43. The number of benzene rings is 3. The number of para-hydroxylation sites is 1. The Balaban J connectivity index is 1.18. The van der Waals surface area contributed by atoms with E-state index in [1.54, 1.807) is 41.3 Å². The van der Waals surface area contributed by atoms with Crippen LogP contribution in [0, 0.1) is 11.7 Å². The Morgan fingerprint density at radius 2 is 1.71 bits per heavy atom. The van der Waals surface area contributed by atoms with Gasteiger partial charge in [-0.05, 0) is 62.6 Å². The number of carbonyl (C=O) groups is 2. The maximum absolute atomic E-state index is 13.9. The molecule has 3 heterocycles. The van der Waals surface area contributed by atoms with Crippen LogP contribution < -0.4 is 15.4 Å². The smallest absolute Gasteiger partial charge is 0.405 e. The fourth-order valence-corrected chi connectivity index (χ4v) is 7.19. The average molecular weight is 768 g/mol. The number of halogens is 4. The third-order valence-electron chi connectivity index (χ3n) is 10.2. The van der Waals surface area contributed by atoms with Gasteiger partial charge in [0.15, 0.2) is 5.76 Å². The highest BCUT2D eigenvalue weighted by Crippen LogP contribution is 2.34. The average Bonchev–Trinajstić information content (AvgIpc) is 3.67. The van der Waals surface area contributed by atoms with Gasteiger partial charge in [-0.1, -0.05) is 48.5 Å². The zero-order valence-electron chi connectivity index (χ0n) is 30.5. The minimum Gasteiger partial charge on any atom is -0.490 e. The zero-order chi connectivity index (χ0) is 39.3. The molecule has 1 aromatic heterocycles. The Bertz CT molecular complexity index is 1910. The van der Waals surface area contributed by atoms with Gasteiger partial charge in [0.1, 0.15) is 36.9 Å². The number of piperazine rings is 1. The molecule has 0 spiro atoms. The molecular weight excluding hydrogens is 722 g/mol. The summed E-state index contributed by atoms with van der Waals surface area (Å²) in [6.07, 6.45) is -5.07. The van der Waals surface area contributed by atoms with Crippen LogP contribution in [0.1, 0.15) is 43.3 Å².